The van der Waals surface area contributed by atoms with Crippen LogP contribution in [-0.4, -0.2) is 37.5 Å². The average molecular weight is 457 g/mol. The number of nitrogens with one attached hydrogen (secondary N) is 2. The molecule has 1 aromatic carbocycles. The molecule has 4 rings (SSSR count). The van der Waals surface area contributed by atoms with Gasteiger partial charge < -0.3 is 20.1 Å². The molecule has 1 aromatic rings. The molecule has 0 aromatic heterocycles. The third kappa shape index (κ3) is 5.42. The SMILES string of the molecule is O=C(N[C@H]1CC[C@H](CNC2=CC3OCOC3C=C2)CC1)c1cc(C(F)(F)F)ccc1Cl. The normalized spacial score (nSPS) is 28.1. The van der Waals surface area contributed by atoms with Crippen molar-refractivity contribution in [2.45, 2.75) is 50.1 Å². The molecule has 1 saturated heterocycles. The van der Waals surface area contributed by atoms with E-state index in [0.717, 1.165) is 56.1 Å². The first-order chi connectivity index (χ1) is 14.8. The number of carbonyl (C=O) groups excluding carboxylic acids is 1. The van der Waals surface area contributed by atoms with Crippen LogP contribution in [0, 0.1) is 5.92 Å². The third-order valence-electron chi connectivity index (χ3n) is 5.97. The van der Waals surface area contributed by atoms with E-state index in [1.165, 1.54) is 0 Å². The van der Waals surface area contributed by atoms with Crippen LogP contribution in [0.3, 0.4) is 0 Å². The molecule has 2 aliphatic carbocycles. The summed E-state index contributed by atoms with van der Waals surface area (Å²) in [7, 11) is 0. The molecule has 2 unspecified atom stereocenters. The predicted molar refractivity (Wildman–Crippen MR) is 110 cm³/mol. The molecule has 2 atom stereocenters. The molecule has 1 aliphatic heterocycles. The molecular weight excluding hydrogens is 433 g/mol. The maximum Gasteiger partial charge on any atom is 0.416 e. The Hall–Kier alpha value is -2.03. The Balaban J connectivity index is 1.25. The van der Waals surface area contributed by atoms with Gasteiger partial charge in [0.1, 0.15) is 19.0 Å². The quantitative estimate of drug-likeness (QED) is 0.688. The Morgan fingerprint density at radius 3 is 2.61 bits per heavy atom. The molecule has 3 aliphatic rings. The number of hydrogen-bond donors (Lipinski definition) is 2. The van der Waals surface area contributed by atoms with E-state index in [9.17, 15) is 18.0 Å². The number of allylic oxidation sites excluding steroid dienone is 1. The maximum atomic E-state index is 12.9. The molecule has 5 nitrogen and oxygen atoms in total. The molecule has 1 amide bonds. The number of fused-ring (bicyclic) bond motifs is 1. The highest BCUT2D eigenvalue weighted by atomic mass is 35.5. The molecule has 2 N–H and O–H groups in total. The van der Waals surface area contributed by atoms with Crippen molar-refractivity contribution in [3.63, 3.8) is 0 Å². The summed E-state index contributed by atoms with van der Waals surface area (Å²) < 4.78 is 49.7. The van der Waals surface area contributed by atoms with E-state index in [1.54, 1.807) is 0 Å². The van der Waals surface area contributed by atoms with Gasteiger partial charge in [0.2, 0.25) is 0 Å². The van der Waals surface area contributed by atoms with Crippen LogP contribution in [0.1, 0.15) is 41.6 Å². The van der Waals surface area contributed by atoms with Gasteiger partial charge >= 0.3 is 6.18 Å². The van der Waals surface area contributed by atoms with Crippen LogP contribution in [0.5, 0.6) is 0 Å². The zero-order valence-electron chi connectivity index (χ0n) is 16.8. The lowest BCUT2D eigenvalue weighted by Crippen LogP contribution is -2.39. The van der Waals surface area contributed by atoms with Gasteiger partial charge in [-0.25, -0.2) is 0 Å². The van der Waals surface area contributed by atoms with Gasteiger partial charge in [0.15, 0.2) is 0 Å². The van der Waals surface area contributed by atoms with E-state index in [2.05, 4.69) is 10.6 Å². The largest absolute Gasteiger partial charge is 0.416 e. The van der Waals surface area contributed by atoms with Crippen molar-refractivity contribution in [1.82, 2.24) is 10.6 Å². The molecule has 0 radical (unpaired) electrons. The van der Waals surface area contributed by atoms with Crippen molar-refractivity contribution in [2.75, 3.05) is 13.3 Å². The highest BCUT2D eigenvalue weighted by molar-refractivity contribution is 6.33. The van der Waals surface area contributed by atoms with E-state index in [0.29, 0.717) is 12.7 Å². The third-order valence-corrected chi connectivity index (χ3v) is 6.30. The topological polar surface area (TPSA) is 59.6 Å². The summed E-state index contributed by atoms with van der Waals surface area (Å²) >= 11 is 5.97. The minimum Gasteiger partial charge on any atom is -0.385 e. The molecule has 2 fully saturated rings. The van der Waals surface area contributed by atoms with Gasteiger partial charge in [-0.1, -0.05) is 17.7 Å². The smallest absolute Gasteiger partial charge is 0.385 e. The standard InChI is InChI=1S/C22H24ClF3N2O3/c23-18-7-3-14(22(24,25)26)9-17(18)21(29)28-15-4-1-13(2-5-15)11-27-16-6-8-19-20(10-16)31-12-30-19/h3,6-10,13,15,19-20,27H,1-2,4-5,11-12H2,(H,28,29)/t13-,15-,19?,20?. The van der Waals surface area contributed by atoms with Crippen molar-refractivity contribution < 1.29 is 27.4 Å². The first-order valence-electron chi connectivity index (χ1n) is 10.3. The molecule has 31 heavy (non-hydrogen) atoms. The van der Waals surface area contributed by atoms with Crippen LogP contribution in [0.4, 0.5) is 13.2 Å². The zero-order valence-corrected chi connectivity index (χ0v) is 17.5. The van der Waals surface area contributed by atoms with Crippen molar-refractivity contribution in [3.05, 3.63) is 58.3 Å². The molecule has 1 heterocycles. The number of carbonyl (C=O) groups is 1. The van der Waals surface area contributed by atoms with Crippen LogP contribution < -0.4 is 10.6 Å². The molecule has 168 valence electrons. The van der Waals surface area contributed by atoms with Crippen molar-refractivity contribution in [3.8, 4) is 0 Å². The number of amides is 1. The van der Waals surface area contributed by atoms with Crippen LogP contribution in [0.15, 0.2) is 42.1 Å². The van der Waals surface area contributed by atoms with Crippen LogP contribution in [-0.2, 0) is 15.7 Å². The van der Waals surface area contributed by atoms with Gasteiger partial charge in [-0.15, -0.1) is 0 Å². The lowest BCUT2D eigenvalue weighted by molar-refractivity contribution is -0.137. The fourth-order valence-corrected chi connectivity index (χ4v) is 4.36. The van der Waals surface area contributed by atoms with Gasteiger partial charge in [-0.05, 0) is 62.0 Å². The van der Waals surface area contributed by atoms with Gasteiger partial charge in [0, 0.05) is 18.3 Å². The van der Waals surface area contributed by atoms with Crippen molar-refractivity contribution in [2.24, 2.45) is 5.92 Å². The van der Waals surface area contributed by atoms with Gasteiger partial charge in [-0.3, -0.25) is 4.79 Å². The Bertz CT molecular complexity index is 879. The molecule has 0 spiro atoms. The fourth-order valence-electron chi connectivity index (χ4n) is 4.15. The zero-order chi connectivity index (χ0) is 22.0. The molecular formula is C22H24ClF3N2O3. The van der Waals surface area contributed by atoms with Crippen LogP contribution in [0.2, 0.25) is 5.02 Å². The summed E-state index contributed by atoms with van der Waals surface area (Å²) in [6.45, 7) is 1.12. The van der Waals surface area contributed by atoms with Gasteiger partial charge in [0.25, 0.3) is 5.91 Å². The van der Waals surface area contributed by atoms with Crippen molar-refractivity contribution in [1.29, 1.82) is 0 Å². The molecule has 1 saturated carbocycles. The summed E-state index contributed by atoms with van der Waals surface area (Å²) in [5.41, 5.74) is -0.0159. The summed E-state index contributed by atoms with van der Waals surface area (Å²) in [6, 6.07) is 2.72. The summed E-state index contributed by atoms with van der Waals surface area (Å²) in [5, 5.41) is 6.29. The van der Waals surface area contributed by atoms with E-state index in [4.69, 9.17) is 21.1 Å². The van der Waals surface area contributed by atoms with Crippen LogP contribution >= 0.6 is 11.6 Å². The highest BCUT2D eigenvalue weighted by Crippen LogP contribution is 2.32. The Morgan fingerprint density at radius 2 is 1.87 bits per heavy atom. The molecule has 9 heteroatoms. The summed E-state index contributed by atoms with van der Waals surface area (Å²) in [5.74, 6) is -0.110. The first-order valence-corrected chi connectivity index (χ1v) is 10.7. The Morgan fingerprint density at radius 1 is 1.13 bits per heavy atom. The number of halogens is 4. The van der Waals surface area contributed by atoms with Crippen LogP contribution in [0.25, 0.3) is 0 Å². The second-order valence-corrected chi connectivity index (χ2v) is 8.53. The van der Waals surface area contributed by atoms with Gasteiger partial charge in [-0.2, -0.15) is 13.2 Å². The Labute approximate surface area is 183 Å². The minimum absolute atomic E-state index is 0.00470. The number of benzene rings is 1. The number of ether oxygens (including phenoxy) is 2. The highest BCUT2D eigenvalue weighted by Gasteiger charge is 2.32. The van der Waals surface area contributed by atoms with E-state index in [1.807, 2.05) is 18.2 Å². The number of hydrogen-bond acceptors (Lipinski definition) is 4. The second kappa shape index (κ2) is 9.22. The van der Waals surface area contributed by atoms with E-state index >= 15 is 0 Å². The fraction of sp³-hybridized carbons (Fsp3) is 0.500. The number of alkyl halides is 3. The van der Waals surface area contributed by atoms with E-state index < -0.39 is 17.6 Å². The second-order valence-electron chi connectivity index (χ2n) is 8.13. The monoisotopic (exact) mass is 456 g/mol. The minimum atomic E-state index is -4.52. The Kier molecular flexibility index (Phi) is 6.60. The molecule has 0 bridgehead atoms. The summed E-state index contributed by atoms with van der Waals surface area (Å²) in [4.78, 5) is 12.5. The van der Waals surface area contributed by atoms with Gasteiger partial charge in [0.05, 0.1) is 16.1 Å². The lowest BCUT2D eigenvalue weighted by Gasteiger charge is -2.30. The maximum absolute atomic E-state index is 12.9. The predicted octanol–water partition coefficient (Wildman–Crippen LogP) is 4.43. The average Bonchev–Trinajstić information content (AvgIpc) is 3.20. The van der Waals surface area contributed by atoms with E-state index in [-0.39, 0.29) is 28.8 Å². The number of rotatable bonds is 5. The first kappa shape index (κ1) is 22.2. The van der Waals surface area contributed by atoms with Crippen molar-refractivity contribution >= 4 is 17.5 Å². The lowest BCUT2D eigenvalue weighted by atomic mass is 9.85. The summed E-state index contributed by atoms with van der Waals surface area (Å²) in [6.07, 6.45) is 4.82.